The van der Waals surface area contributed by atoms with E-state index in [0.29, 0.717) is 6.54 Å². The third-order valence-electron chi connectivity index (χ3n) is 3.54. The van der Waals surface area contributed by atoms with Gasteiger partial charge in [-0.2, -0.15) is 0 Å². The largest absolute Gasteiger partial charge is 0.496 e. The molecule has 0 aromatic heterocycles. The molecule has 1 aliphatic heterocycles. The van der Waals surface area contributed by atoms with Gasteiger partial charge in [-0.3, -0.25) is 0 Å². The molecule has 1 atom stereocenters. The summed E-state index contributed by atoms with van der Waals surface area (Å²) in [5.74, 6) is 0.901. The molecular formula is C16H23NO3. The molecule has 0 saturated heterocycles. The van der Waals surface area contributed by atoms with Gasteiger partial charge >= 0.3 is 6.09 Å². The number of amides is 1. The van der Waals surface area contributed by atoms with E-state index in [-0.39, 0.29) is 12.1 Å². The second-order valence-corrected chi connectivity index (χ2v) is 6.13. The van der Waals surface area contributed by atoms with Crippen molar-refractivity contribution >= 4 is 6.09 Å². The fourth-order valence-electron chi connectivity index (χ4n) is 2.60. The molecule has 1 aromatic carbocycles. The first kappa shape index (κ1) is 14.7. The van der Waals surface area contributed by atoms with Crippen LogP contribution >= 0.6 is 0 Å². The Morgan fingerprint density at radius 2 is 2.05 bits per heavy atom. The van der Waals surface area contributed by atoms with Crippen molar-refractivity contribution in [2.24, 2.45) is 0 Å². The van der Waals surface area contributed by atoms with E-state index in [2.05, 4.69) is 6.07 Å². The third-order valence-corrected chi connectivity index (χ3v) is 3.54. The average Bonchev–Trinajstić information content (AvgIpc) is 2.36. The first-order valence-corrected chi connectivity index (χ1v) is 6.99. The summed E-state index contributed by atoms with van der Waals surface area (Å²) in [5, 5.41) is 0. The van der Waals surface area contributed by atoms with E-state index >= 15 is 0 Å². The van der Waals surface area contributed by atoms with E-state index in [1.54, 1.807) is 12.0 Å². The lowest BCUT2D eigenvalue weighted by Crippen LogP contribution is -2.42. The van der Waals surface area contributed by atoms with E-state index in [1.807, 2.05) is 39.8 Å². The first-order valence-electron chi connectivity index (χ1n) is 6.99. The molecule has 1 amide bonds. The molecule has 0 unspecified atom stereocenters. The molecular weight excluding hydrogens is 254 g/mol. The summed E-state index contributed by atoms with van der Waals surface area (Å²) in [6, 6.07) is 5.99. The first-order chi connectivity index (χ1) is 9.33. The van der Waals surface area contributed by atoms with Gasteiger partial charge in [0, 0.05) is 12.1 Å². The zero-order valence-corrected chi connectivity index (χ0v) is 12.9. The van der Waals surface area contributed by atoms with Crippen LogP contribution in [0.2, 0.25) is 0 Å². The van der Waals surface area contributed by atoms with Crippen molar-refractivity contribution in [2.75, 3.05) is 13.7 Å². The molecule has 0 fully saturated rings. The van der Waals surface area contributed by atoms with Crippen LogP contribution in [0.3, 0.4) is 0 Å². The SMILES string of the molecule is COc1cccc2c1CCN(C(=O)OC(C)(C)C)[C@@H]2C. The summed E-state index contributed by atoms with van der Waals surface area (Å²) in [5.41, 5.74) is 1.87. The van der Waals surface area contributed by atoms with Crippen molar-refractivity contribution in [3.05, 3.63) is 29.3 Å². The Balaban J connectivity index is 2.24. The summed E-state index contributed by atoms with van der Waals surface area (Å²) in [4.78, 5) is 14.0. The Kier molecular flexibility index (Phi) is 3.93. The number of rotatable bonds is 1. The van der Waals surface area contributed by atoms with Gasteiger partial charge in [0.05, 0.1) is 13.2 Å². The zero-order chi connectivity index (χ0) is 14.9. The fourth-order valence-corrected chi connectivity index (χ4v) is 2.60. The van der Waals surface area contributed by atoms with E-state index < -0.39 is 5.60 Å². The fraction of sp³-hybridized carbons (Fsp3) is 0.562. The van der Waals surface area contributed by atoms with Gasteiger partial charge in [0.2, 0.25) is 0 Å². The van der Waals surface area contributed by atoms with Gasteiger partial charge in [-0.05, 0) is 45.7 Å². The molecule has 1 aromatic rings. The molecule has 110 valence electrons. The number of carbonyl (C=O) groups is 1. The zero-order valence-electron chi connectivity index (χ0n) is 12.9. The topological polar surface area (TPSA) is 38.8 Å². The molecule has 2 rings (SSSR count). The monoisotopic (exact) mass is 277 g/mol. The molecule has 0 bridgehead atoms. The van der Waals surface area contributed by atoms with E-state index in [9.17, 15) is 4.79 Å². The van der Waals surface area contributed by atoms with Crippen LogP contribution in [0.15, 0.2) is 18.2 Å². The molecule has 4 nitrogen and oxygen atoms in total. The van der Waals surface area contributed by atoms with Gasteiger partial charge in [0.25, 0.3) is 0 Å². The molecule has 0 N–H and O–H groups in total. The van der Waals surface area contributed by atoms with Crippen LogP contribution in [-0.4, -0.2) is 30.2 Å². The van der Waals surface area contributed by atoms with E-state index in [4.69, 9.17) is 9.47 Å². The maximum atomic E-state index is 12.3. The molecule has 1 aliphatic rings. The van der Waals surface area contributed by atoms with Crippen molar-refractivity contribution in [3.8, 4) is 5.75 Å². The van der Waals surface area contributed by atoms with Crippen LogP contribution in [0.5, 0.6) is 5.75 Å². The lowest BCUT2D eigenvalue weighted by atomic mass is 9.93. The van der Waals surface area contributed by atoms with Gasteiger partial charge < -0.3 is 14.4 Å². The molecule has 1 heterocycles. The summed E-state index contributed by atoms with van der Waals surface area (Å²) in [6.07, 6.45) is 0.543. The number of carbonyl (C=O) groups excluding carboxylic acids is 1. The highest BCUT2D eigenvalue weighted by Gasteiger charge is 2.32. The predicted molar refractivity (Wildman–Crippen MR) is 78.1 cm³/mol. The highest BCUT2D eigenvalue weighted by molar-refractivity contribution is 5.69. The maximum Gasteiger partial charge on any atom is 0.410 e. The number of methoxy groups -OCH3 is 1. The van der Waals surface area contributed by atoms with Gasteiger partial charge in [0.15, 0.2) is 0 Å². The Labute approximate surface area is 120 Å². The summed E-state index contributed by atoms with van der Waals surface area (Å²) in [7, 11) is 1.68. The van der Waals surface area contributed by atoms with Crippen molar-refractivity contribution in [1.82, 2.24) is 4.90 Å². The molecule has 0 radical (unpaired) electrons. The van der Waals surface area contributed by atoms with Crippen LogP contribution in [0.4, 0.5) is 4.79 Å². The number of nitrogens with zero attached hydrogens (tertiary/aromatic N) is 1. The molecule has 20 heavy (non-hydrogen) atoms. The van der Waals surface area contributed by atoms with Crippen LogP contribution < -0.4 is 4.74 Å². The summed E-state index contributed by atoms with van der Waals surface area (Å²) < 4.78 is 10.9. The summed E-state index contributed by atoms with van der Waals surface area (Å²) >= 11 is 0. The molecule has 0 spiro atoms. The lowest BCUT2D eigenvalue weighted by Gasteiger charge is -2.36. The van der Waals surface area contributed by atoms with Crippen LogP contribution in [0.25, 0.3) is 0 Å². The maximum absolute atomic E-state index is 12.3. The second kappa shape index (κ2) is 5.35. The number of fused-ring (bicyclic) bond motifs is 1. The van der Waals surface area contributed by atoms with Crippen LogP contribution in [-0.2, 0) is 11.2 Å². The summed E-state index contributed by atoms with van der Waals surface area (Å²) in [6.45, 7) is 8.34. The standard InChI is InChI=1S/C16H23NO3/c1-11-12-7-6-8-14(19-5)13(12)9-10-17(11)15(18)20-16(2,3)4/h6-8,11H,9-10H2,1-5H3/t11-/m1/s1. The third kappa shape index (κ3) is 2.89. The number of benzene rings is 1. The van der Waals surface area contributed by atoms with Gasteiger partial charge in [0.1, 0.15) is 11.4 Å². The number of hydrogen-bond donors (Lipinski definition) is 0. The Morgan fingerprint density at radius 3 is 2.65 bits per heavy atom. The molecule has 4 heteroatoms. The number of ether oxygens (including phenoxy) is 2. The second-order valence-electron chi connectivity index (χ2n) is 6.13. The number of hydrogen-bond acceptors (Lipinski definition) is 3. The smallest absolute Gasteiger partial charge is 0.410 e. The van der Waals surface area contributed by atoms with E-state index in [0.717, 1.165) is 17.7 Å². The minimum Gasteiger partial charge on any atom is -0.496 e. The van der Waals surface area contributed by atoms with Crippen LogP contribution in [0, 0.1) is 0 Å². The van der Waals surface area contributed by atoms with E-state index in [1.165, 1.54) is 5.56 Å². The van der Waals surface area contributed by atoms with Crippen molar-refractivity contribution in [2.45, 2.75) is 45.8 Å². The minimum atomic E-state index is -0.467. The van der Waals surface area contributed by atoms with Crippen molar-refractivity contribution in [1.29, 1.82) is 0 Å². The molecule has 0 saturated carbocycles. The minimum absolute atomic E-state index is 0.00343. The average molecular weight is 277 g/mol. The van der Waals surface area contributed by atoms with Crippen LogP contribution in [0.1, 0.15) is 44.9 Å². The Bertz CT molecular complexity index is 505. The highest BCUT2D eigenvalue weighted by atomic mass is 16.6. The van der Waals surface area contributed by atoms with Crippen molar-refractivity contribution in [3.63, 3.8) is 0 Å². The molecule has 0 aliphatic carbocycles. The highest BCUT2D eigenvalue weighted by Crippen LogP contribution is 2.35. The lowest BCUT2D eigenvalue weighted by molar-refractivity contribution is 0.0158. The van der Waals surface area contributed by atoms with Crippen molar-refractivity contribution < 1.29 is 14.3 Å². The van der Waals surface area contributed by atoms with Gasteiger partial charge in [-0.25, -0.2) is 4.79 Å². The Morgan fingerprint density at radius 1 is 1.35 bits per heavy atom. The quantitative estimate of drug-likeness (QED) is 0.788. The predicted octanol–water partition coefficient (Wildman–Crippen LogP) is 3.55. The Hall–Kier alpha value is -1.71. The normalized spacial score (nSPS) is 18.4. The van der Waals surface area contributed by atoms with Gasteiger partial charge in [-0.15, -0.1) is 0 Å². The van der Waals surface area contributed by atoms with Gasteiger partial charge in [-0.1, -0.05) is 12.1 Å².